The van der Waals surface area contributed by atoms with E-state index in [1.54, 1.807) is 24.3 Å². The molecular weight excluding hydrogens is 428 g/mol. The summed E-state index contributed by atoms with van der Waals surface area (Å²) < 4.78 is 28.7. The number of anilines is 1. The van der Waals surface area contributed by atoms with Crippen LogP contribution < -0.4 is 4.72 Å². The first-order valence-corrected chi connectivity index (χ1v) is 13.6. The van der Waals surface area contributed by atoms with Crippen molar-refractivity contribution in [2.24, 2.45) is 5.92 Å². The maximum Gasteiger partial charge on any atom is 0.261 e. The minimum atomic E-state index is -3.79. The van der Waals surface area contributed by atoms with Crippen molar-refractivity contribution in [1.82, 2.24) is 4.90 Å². The van der Waals surface area contributed by atoms with Gasteiger partial charge < -0.3 is 4.90 Å². The molecule has 1 heterocycles. The van der Waals surface area contributed by atoms with Crippen molar-refractivity contribution in [3.8, 4) is 0 Å². The van der Waals surface area contributed by atoms with Gasteiger partial charge in [0.2, 0.25) is 0 Å². The fraction of sp³-hybridized carbons (Fsp3) is 0.458. The highest BCUT2D eigenvalue weighted by Gasteiger charge is 2.25. The zero-order chi connectivity index (χ0) is 22.4. The molecule has 0 radical (unpaired) electrons. The normalized spacial score (nSPS) is 15.1. The Morgan fingerprint density at radius 2 is 1.81 bits per heavy atom. The topological polar surface area (TPSA) is 66.5 Å². The van der Waals surface area contributed by atoms with Crippen LogP contribution in [0.1, 0.15) is 55.5 Å². The lowest BCUT2D eigenvalue weighted by molar-refractivity contribution is 0.0693. The number of rotatable bonds is 8. The van der Waals surface area contributed by atoms with Crippen LogP contribution in [0.4, 0.5) is 5.69 Å². The third-order valence-electron chi connectivity index (χ3n) is 5.81. The molecule has 2 aromatic rings. The minimum Gasteiger partial charge on any atom is -0.339 e. The summed E-state index contributed by atoms with van der Waals surface area (Å²) in [4.78, 5) is 15.9. The highest BCUT2D eigenvalue weighted by molar-refractivity contribution is 7.98. The number of piperidine rings is 1. The lowest BCUT2D eigenvalue weighted by Crippen LogP contribution is -2.38. The molecule has 0 spiro atoms. The van der Waals surface area contributed by atoms with Crippen LogP contribution in [0.2, 0.25) is 0 Å². The molecule has 168 valence electrons. The number of sulfonamides is 1. The number of benzene rings is 2. The Kier molecular flexibility index (Phi) is 8.06. The van der Waals surface area contributed by atoms with Crippen LogP contribution in [0, 0.1) is 5.92 Å². The summed E-state index contributed by atoms with van der Waals surface area (Å²) in [5.74, 6) is 0.530. The molecule has 0 aromatic heterocycles. The van der Waals surface area contributed by atoms with Crippen LogP contribution in [0.3, 0.4) is 0 Å². The van der Waals surface area contributed by atoms with Gasteiger partial charge in [0.15, 0.2) is 0 Å². The molecule has 1 amide bonds. The van der Waals surface area contributed by atoms with Crippen LogP contribution >= 0.6 is 11.8 Å². The van der Waals surface area contributed by atoms with Gasteiger partial charge in [-0.05, 0) is 73.8 Å². The molecule has 7 heteroatoms. The molecule has 1 saturated heterocycles. The largest absolute Gasteiger partial charge is 0.339 e. The lowest BCUT2D eigenvalue weighted by Gasteiger charge is -2.30. The second-order valence-corrected chi connectivity index (χ2v) is 10.8. The summed E-state index contributed by atoms with van der Waals surface area (Å²) in [6.45, 7) is 5.78. The molecule has 0 aliphatic carbocycles. The molecule has 1 aliphatic heterocycles. The maximum atomic E-state index is 13.1. The zero-order valence-corrected chi connectivity index (χ0v) is 20.2. The molecule has 5 nitrogen and oxygen atoms in total. The second kappa shape index (κ2) is 10.6. The number of amides is 1. The number of nitrogens with zero attached hydrogens (tertiary/aromatic N) is 1. The molecule has 2 aromatic carbocycles. The predicted molar refractivity (Wildman–Crippen MR) is 128 cm³/mol. The van der Waals surface area contributed by atoms with E-state index in [9.17, 15) is 13.2 Å². The Labute approximate surface area is 190 Å². The first-order valence-electron chi connectivity index (χ1n) is 10.9. The molecule has 0 unspecified atom stereocenters. The van der Waals surface area contributed by atoms with E-state index in [0.717, 1.165) is 37.0 Å². The van der Waals surface area contributed by atoms with E-state index >= 15 is 0 Å². The number of carbonyl (C=O) groups excluding carboxylic acids is 1. The van der Waals surface area contributed by atoms with Crippen molar-refractivity contribution in [3.05, 3.63) is 53.6 Å². The highest BCUT2D eigenvalue weighted by Crippen LogP contribution is 2.28. The Morgan fingerprint density at radius 3 is 2.42 bits per heavy atom. The number of carbonyl (C=O) groups is 1. The van der Waals surface area contributed by atoms with Gasteiger partial charge in [-0.3, -0.25) is 9.52 Å². The molecule has 1 aliphatic rings. The van der Waals surface area contributed by atoms with Crippen molar-refractivity contribution in [1.29, 1.82) is 0 Å². The van der Waals surface area contributed by atoms with Crippen molar-refractivity contribution in [2.45, 2.75) is 55.7 Å². The van der Waals surface area contributed by atoms with Crippen molar-refractivity contribution >= 4 is 33.4 Å². The highest BCUT2D eigenvalue weighted by atomic mass is 32.2. The Morgan fingerprint density at radius 1 is 1.13 bits per heavy atom. The molecule has 3 rings (SSSR count). The SMILES string of the molecule is CCCCc1ccc(NS(=O)(=O)c2ccc(SC)c(C(=O)N3CCC(C)CC3)c2)cc1. The Balaban J connectivity index is 1.81. The summed E-state index contributed by atoms with van der Waals surface area (Å²) in [7, 11) is -3.79. The van der Waals surface area contributed by atoms with E-state index in [1.807, 2.05) is 23.3 Å². The number of aryl methyl sites for hydroxylation is 1. The number of hydrogen-bond donors (Lipinski definition) is 1. The van der Waals surface area contributed by atoms with E-state index in [1.165, 1.54) is 23.4 Å². The molecule has 0 bridgehead atoms. The molecule has 0 saturated carbocycles. The standard InChI is InChI=1S/C24H32N2O3S2/c1-4-5-6-19-7-9-20(10-8-19)25-31(28,29)21-11-12-23(30-3)22(17-21)24(27)26-15-13-18(2)14-16-26/h7-12,17-18,25H,4-6,13-16H2,1-3H3. The van der Waals surface area contributed by atoms with E-state index in [0.29, 0.717) is 30.3 Å². The average molecular weight is 461 g/mol. The molecule has 31 heavy (non-hydrogen) atoms. The van der Waals surface area contributed by atoms with Gasteiger partial charge in [-0.25, -0.2) is 8.42 Å². The second-order valence-electron chi connectivity index (χ2n) is 8.24. The summed E-state index contributed by atoms with van der Waals surface area (Å²) in [6.07, 6.45) is 7.08. The van der Waals surface area contributed by atoms with Gasteiger partial charge in [0.25, 0.3) is 15.9 Å². The average Bonchev–Trinajstić information content (AvgIpc) is 2.78. The number of hydrogen-bond acceptors (Lipinski definition) is 4. The molecule has 1 fully saturated rings. The first kappa shape index (κ1) is 23.7. The molecule has 0 atom stereocenters. The van der Waals surface area contributed by atoms with Gasteiger partial charge in [-0.2, -0.15) is 0 Å². The summed E-state index contributed by atoms with van der Waals surface area (Å²) in [5.41, 5.74) is 2.17. The fourth-order valence-electron chi connectivity index (χ4n) is 3.74. The van der Waals surface area contributed by atoms with Gasteiger partial charge in [0, 0.05) is 23.7 Å². The van der Waals surface area contributed by atoms with E-state index < -0.39 is 10.0 Å². The maximum absolute atomic E-state index is 13.1. The lowest BCUT2D eigenvalue weighted by atomic mass is 9.98. The minimum absolute atomic E-state index is 0.0893. The van der Waals surface area contributed by atoms with Crippen molar-refractivity contribution in [2.75, 3.05) is 24.1 Å². The third kappa shape index (κ3) is 6.04. The monoisotopic (exact) mass is 460 g/mol. The molecular formula is C24H32N2O3S2. The fourth-order valence-corrected chi connectivity index (χ4v) is 5.39. The van der Waals surface area contributed by atoms with Gasteiger partial charge in [0.05, 0.1) is 10.5 Å². The number of likely N-dealkylation sites (tertiary alicyclic amines) is 1. The van der Waals surface area contributed by atoms with Crippen LogP contribution in [0.25, 0.3) is 0 Å². The smallest absolute Gasteiger partial charge is 0.261 e. The first-order chi connectivity index (χ1) is 14.8. The predicted octanol–water partition coefficient (Wildman–Crippen LogP) is 5.42. The third-order valence-corrected chi connectivity index (χ3v) is 7.98. The van der Waals surface area contributed by atoms with Crippen LogP contribution in [0.5, 0.6) is 0 Å². The van der Waals surface area contributed by atoms with E-state index in [-0.39, 0.29) is 10.8 Å². The van der Waals surface area contributed by atoms with Gasteiger partial charge in [-0.15, -0.1) is 11.8 Å². The number of unbranched alkanes of at least 4 members (excludes halogenated alkanes) is 1. The quantitative estimate of drug-likeness (QED) is 0.534. The Hall–Kier alpha value is -1.99. The van der Waals surface area contributed by atoms with Crippen molar-refractivity contribution < 1.29 is 13.2 Å². The van der Waals surface area contributed by atoms with Crippen LogP contribution in [-0.2, 0) is 16.4 Å². The zero-order valence-electron chi connectivity index (χ0n) is 18.6. The summed E-state index contributed by atoms with van der Waals surface area (Å²) >= 11 is 1.46. The van der Waals surface area contributed by atoms with Crippen LogP contribution in [-0.4, -0.2) is 38.6 Å². The summed E-state index contributed by atoms with van der Waals surface area (Å²) in [5, 5.41) is 0. The van der Waals surface area contributed by atoms with Gasteiger partial charge in [-0.1, -0.05) is 32.4 Å². The summed E-state index contributed by atoms with van der Waals surface area (Å²) in [6, 6.07) is 12.3. The van der Waals surface area contributed by atoms with Crippen molar-refractivity contribution in [3.63, 3.8) is 0 Å². The van der Waals surface area contributed by atoms with Crippen LogP contribution in [0.15, 0.2) is 52.3 Å². The number of thioether (sulfide) groups is 1. The van der Waals surface area contributed by atoms with Gasteiger partial charge >= 0.3 is 0 Å². The number of nitrogens with one attached hydrogen (secondary N) is 1. The Bertz CT molecular complexity index is 996. The molecule has 1 N–H and O–H groups in total. The van der Waals surface area contributed by atoms with E-state index in [2.05, 4.69) is 18.6 Å². The van der Waals surface area contributed by atoms with E-state index in [4.69, 9.17) is 0 Å². The van der Waals surface area contributed by atoms with Gasteiger partial charge in [0.1, 0.15) is 0 Å².